The number of hydrogen-bond acceptors (Lipinski definition) is 4. The molecule has 2 saturated carbocycles. The molecule has 2 aliphatic rings. The van der Waals surface area contributed by atoms with Gasteiger partial charge in [-0.1, -0.05) is 39.8 Å². The van der Waals surface area contributed by atoms with E-state index in [1.54, 1.807) is 12.5 Å². The monoisotopic (exact) mass is 344 g/mol. The molecule has 3 rings (SSSR count). The molecule has 0 aromatic carbocycles. The molecule has 0 bridgehead atoms. The Morgan fingerprint density at radius 2 is 1.96 bits per heavy atom. The van der Waals surface area contributed by atoms with Gasteiger partial charge in [0.2, 0.25) is 0 Å². The van der Waals surface area contributed by atoms with Gasteiger partial charge in [0.05, 0.1) is 12.5 Å². The van der Waals surface area contributed by atoms with Crippen LogP contribution in [0.4, 0.5) is 0 Å². The van der Waals surface area contributed by atoms with Gasteiger partial charge in [-0.15, -0.1) is 0 Å². The first-order chi connectivity index (χ1) is 11.8. The molecule has 1 aromatic rings. The number of rotatable bonds is 2. The summed E-state index contributed by atoms with van der Waals surface area (Å²) in [6, 6.07) is 1.97. The normalized spacial score (nSPS) is 37.8. The number of carbonyl (C=O) groups is 1. The second-order valence-electron chi connectivity index (χ2n) is 8.02. The minimum atomic E-state index is 0.168. The summed E-state index contributed by atoms with van der Waals surface area (Å²) in [5, 5.41) is 0. The molecule has 0 aliphatic heterocycles. The zero-order valence-electron chi connectivity index (χ0n) is 15.5. The van der Waals surface area contributed by atoms with Crippen molar-refractivity contribution in [2.75, 3.05) is 0 Å². The number of hydrogen-bond donors (Lipinski definition) is 0. The molecule has 0 amide bonds. The van der Waals surface area contributed by atoms with Crippen molar-refractivity contribution in [2.45, 2.75) is 47.0 Å². The van der Waals surface area contributed by atoms with Crippen molar-refractivity contribution in [3.63, 3.8) is 0 Å². The van der Waals surface area contributed by atoms with Crippen LogP contribution in [0, 0.1) is 35.0 Å². The molecule has 25 heavy (non-hydrogen) atoms. The van der Waals surface area contributed by atoms with Gasteiger partial charge >= 0.3 is 6.15 Å². The highest BCUT2D eigenvalue weighted by molar-refractivity contribution is 5.85. The molecule has 4 heteroatoms. The summed E-state index contributed by atoms with van der Waals surface area (Å²) in [6.45, 7) is 9.13. The largest absolute Gasteiger partial charge is 0.472 e. The lowest BCUT2D eigenvalue weighted by atomic mass is 9.49. The molecule has 1 aromatic heterocycles. The van der Waals surface area contributed by atoms with Crippen LogP contribution in [0.25, 0.3) is 6.08 Å². The number of furan rings is 1. The van der Waals surface area contributed by atoms with E-state index in [1.807, 2.05) is 6.07 Å². The minimum absolute atomic E-state index is 0.168. The molecule has 0 unspecified atom stereocenters. The maximum Gasteiger partial charge on any atom is 0.373 e. The SMILES string of the molecule is C[C@@H]1CC[C@@]2(C)[C@H](C)C[C@H](C)C(=O)[C@@H]2[C@H]1/C=C/c1ccoc1.O=C=O. The molecule has 136 valence electrons. The van der Waals surface area contributed by atoms with Gasteiger partial charge in [-0.3, -0.25) is 4.79 Å². The van der Waals surface area contributed by atoms with E-state index in [0.29, 0.717) is 23.5 Å². The summed E-state index contributed by atoms with van der Waals surface area (Å²) < 4.78 is 5.14. The molecule has 4 nitrogen and oxygen atoms in total. The lowest BCUT2D eigenvalue weighted by Crippen LogP contribution is -2.53. The second-order valence-corrected chi connectivity index (χ2v) is 8.02. The molecule has 0 saturated heterocycles. The first kappa shape index (κ1) is 19.4. The molecule has 0 radical (unpaired) electrons. The third-order valence-electron chi connectivity index (χ3n) is 6.57. The highest BCUT2D eigenvalue weighted by atomic mass is 16.3. The number of ketones is 1. The van der Waals surface area contributed by atoms with Gasteiger partial charge in [-0.05, 0) is 48.5 Å². The number of carbonyl (C=O) groups excluding carboxylic acids is 3. The standard InChI is InChI=1S/C20H28O2.CO2/c1-13-7-9-20(4)15(3)11-14(2)19(21)18(20)17(13)6-5-16-8-10-22-12-16;2-1-3/h5-6,8,10,12-15,17-18H,7,9,11H2,1-4H3;/b6-5+;/t13-,14+,15-,17+,18+,20+;/m1./s1. The van der Waals surface area contributed by atoms with Crippen LogP contribution in [0.5, 0.6) is 0 Å². The minimum Gasteiger partial charge on any atom is -0.472 e. The summed E-state index contributed by atoms with van der Waals surface area (Å²) in [5.74, 6) is 2.44. The summed E-state index contributed by atoms with van der Waals surface area (Å²) in [4.78, 5) is 29.2. The van der Waals surface area contributed by atoms with E-state index in [-0.39, 0.29) is 23.4 Å². The van der Waals surface area contributed by atoms with E-state index in [9.17, 15) is 4.79 Å². The summed E-state index contributed by atoms with van der Waals surface area (Å²) in [5.41, 5.74) is 1.26. The van der Waals surface area contributed by atoms with E-state index in [0.717, 1.165) is 12.0 Å². The summed E-state index contributed by atoms with van der Waals surface area (Å²) in [6.07, 6.45) is 11.6. The quantitative estimate of drug-likeness (QED) is 0.785. The third-order valence-corrected chi connectivity index (χ3v) is 6.57. The van der Waals surface area contributed by atoms with Gasteiger partial charge in [0, 0.05) is 17.4 Å². The molecule has 2 aliphatic carbocycles. The topological polar surface area (TPSA) is 64.3 Å². The number of Topliss-reactive ketones (excluding diaryl/α,β-unsaturated/α-hetero) is 1. The van der Waals surface area contributed by atoms with Crippen molar-refractivity contribution < 1.29 is 18.8 Å². The van der Waals surface area contributed by atoms with Crippen LogP contribution in [-0.4, -0.2) is 11.9 Å². The predicted octanol–water partition coefficient (Wildman–Crippen LogP) is 4.62. The molecule has 6 atom stereocenters. The molecule has 1 heterocycles. The highest BCUT2D eigenvalue weighted by Gasteiger charge is 2.54. The third kappa shape index (κ3) is 3.85. The first-order valence-electron chi connectivity index (χ1n) is 9.08. The Morgan fingerprint density at radius 3 is 2.56 bits per heavy atom. The van der Waals surface area contributed by atoms with Crippen LogP contribution in [0.2, 0.25) is 0 Å². The van der Waals surface area contributed by atoms with Crippen LogP contribution < -0.4 is 0 Å². The van der Waals surface area contributed by atoms with Crippen molar-refractivity contribution in [1.29, 1.82) is 0 Å². The van der Waals surface area contributed by atoms with Crippen LogP contribution in [-0.2, 0) is 14.4 Å². The smallest absolute Gasteiger partial charge is 0.373 e. The fraction of sp³-hybridized carbons (Fsp3) is 0.619. The average Bonchev–Trinajstić information content (AvgIpc) is 3.08. The lowest BCUT2D eigenvalue weighted by Gasteiger charge is -2.54. The van der Waals surface area contributed by atoms with Gasteiger partial charge in [0.15, 0.2) is 0 Å². The van der Waals surface area contributed by atoms with E-state index in [4.69, 9.17) is 14.0 Å². The van der Waals surface area contributed by atoms with Crippen molar-refractivity contribution in [3.05, 3.63) is 30.2 Å². The van der Waals surface area contributed by atoms with Crippen LogP contribution in [0.1, 0.15) is 52.5 Å². The van der Waals surface area contributed by atoms with Crippen molar-refractivity contribution in [1.82, 2.24) is 0 Å². The summed E-state index contributed by atoms with van der Waals surface area (Å²) in [7, 11) is 0. The fourth-order valence-corrected chi connectivity index (χ4v) is 4.84. The Hall–Kier alpha value is -1.93. The van der Waals surface area contributed by atoms with Gasteiger partial charge in [0.1, 0.15) is 5.78 Å². The van der Waals surface area contributed by atoms with Crippen LogP contribution >= 0.6 is 0 Å². The molecule has 2 fully saturated rings. The Bertz CT molecular complexity index is 639. The Morgan fingerprint density at radius 1 is 1.28 bits per heavy atom. The average molecular weight is 344 g/mol. The first-order valence-corrected chi connectivity index (χ1v) is 9.08. The maximum atomic E-state index is 13.0. The van der Waals surface area contributed by atoms with Crippen molar-refractivity contribution >= 4 is 18.0 Å². The van der Waals surface area contributed by atoms with Crippen LogP contribution in [0.3, 0.4) is 0 Å². The molecule has 0 N–H and O–H groups in total. The Kier molecular flexibility index (Phi) is 6.18. The van der Waals surface area contributed by atoms with E-state index in [2.05, 4.69) is 39.8 Å². The van der Waals surface area contributed by atoms with Gasteiger partial charge in [-0.25, -0.2) is 0 Å². The van der Waals surface area contributed by atoms with Gasteiger partial charge in [-0.2, -0.15) is 9.59 Å². The maximum absolute atomic E-state index is 13.0. The number of fused-ring (bicyclic) bond motifs is 1. The number of allylic oxidation sites excluding steroid dienone is 1. The lowest BCUT2D eigenvalue weighted by molar-refractivity contribution is -0.191. The van der Waals surface area contributed by atoms with Crippen molar-refractivity contribution in [2.24, 2.45) is 35.0 Å². The molecule has 0 spiro atoms. The van der Waals surface area contributed by atoms with Crippen molar-refractivity contribution in [3.8, 4) is 0 Å². The van der Waals surface area contributed by atoms with E-state index in [1.165, 1.54) is 12.8 Å². The highest BCUT2D eigenvalue weighted by Crippen LogP contribution is 2.56. The second kappa shape index (κ2) is 7.97. The van der Waals surface area contributed by atoms with E-state index < -0.39 is 0 Å². The van der Waals surface area contributed by atoms with E-state index >= 15 is 0 Å². The van der Waals surface area contributed by atoms with Gasteiger partial charge in [0.25, 0.3) is 0 Å². The predicted molar refractivity (Wildman–Crippen MR) is 94.2 cm³/mol. The molecular weight excluding hydrogens is 316 g/mol. The Labute approximate surface area is 149 Å². The van der Waals surface area contributed by atoms with Crippen LogP contribution in [0.15, 0.2) is 29.1 Å². The summed E-state index contributed by atoms with van der Waals surface area (Å²) >= 11 is 0. The van der Waals surface area contributed by atoms with Gasteiger partial charge < -0.3 is 4.42 Å². The zero-order valence-corrected chi connectivity index (χ0v) is 15.5. The Balaban J connectivity index is 0.000000701. The molecular formula is C21H28O4. The zero-order chi connectivity index (χ0) is 18.6. The fourth-order valence-electron chi connectivity index (χ4n) is 4.84.